The first-order valence-electron chi connectivity index (χ1n) is 9.60. The summed E-state index contributed by atoms with van der Waals surface area (Å²) in [7, 11) is 2.10. The van der Waals surface area contributed by atoms with Gasteiger partial charge in [0.15, 0.2) is 0 Å². The normalized spacial score (nSPS) is 20.6. The summed E-state index contributed by atoms with van der Waals surface area (Å²) in [5.41, 5.74) is 1.47. The summed E-state index contributed by atoms with van der Waals surface area (Å²) in [4.78, 5) is 4.48. The second-order valence-electron chi connectivity index (χ2n) is 7.46. The van der Waals surface area contributed by atoms with Crippen LogP contribution in [0.1, 0.15) is 18.4 Å². The number of hydrogen-bond donors (Lipinski definition) is 0. The van der Waals surface area contributed by atoms with Crippen molar-refractivity contribution in [1.29, 1.82) is 0 Å². The summed E-state index contributed by atoms with van der Waals surface area (Å²) < 4.78 is 59.2. The van der Waals surface area contributed by atoms with Gasteiger partial charge >= 0.3 is 6.18 Å². The van der Waals surface area contributed by atoms with Crippen LogP contribution < -0.4 is 4.74 Å². The molecule has 3 aliphatic rings. The van der Waals surface area contributed by atoms with Crippen LogP contribution in [-0.2, 0) is 0 Å². The zero-order valence-corrected chi connectivity index (χ0v) is 16.9. The van der Waals surface area contributed by atoms with E-state index in [9.17, 15) is 17.6 Å². The van der Waals surface area contributed by atoms with Crippen LogP contribution in [0, 0.1) is 5.82 Å². The number of nitrogens with zero attached hydrogens (tertiary/aromatic N) is 2. The molecule has 0 radical (unpaired) electrons. The summed E-state index contributed by atoms with van der Waals surface area (Å²) in [6, 6.07) is 4.22. The highest BCUT2D eigenvalue weighted by Gasteiger charge is 2.39. The quantitative estimate of drug-likeness (QED) is 0.627. The minimum Gasteiger partial charge on any atom is -0.455 e. The second kappa shape index (κ2) is 8.16. The van der Waals surface area contributed by atoms with Crippen LogP contribution >= 0.6 is 11.8 Å². The van der Waals surface area contributed by atoms with Gasteiger partial charge in [-0.15, -0.1) is 0 Å². The van der Waals surface area contributed by atoms with Gasteiger partial charge in [0.1, 0.15) is 17.3 Å². The molecule has 0 atom stereocenters. The van der Waals surface area contributed by atoms with Gasteiger partial charge in [-0.1, -0.05) is 11.8 Å². The minimum atomic E-state index is -4.41. The number of likely N-dealkylation sites (N-methyl/N-ethyl adjacent to an activating group) is 1. The van der Waals surface area contributed by atoms with Gasteiger partial charge in [-0.2, -0.15) is 13.2 Å². The zero-order chi connectivity index (χ0) is 20.6. The molecule has 0 amide bonds. The maximum atomic E-state index is 13.7. The van der Waals surface area contributed by atoms with E-state index in [-0.39, 0.29) is 0 Å². The number of thioether (sulfide) groups is 1. The standard InChI is InChI=1S/C21H22F4N2OS/c1-26-9-11-27(12-10-26)8-2-3-16-15-5-4-14(22)13-18(15)28-17-6-7-19(21(23,24)25)29-20(16)17/h4-7,13H,2-3,8-12H2,1H3. The summed E-state index contributed by atoms with van der Waals surface area (Å²) in [5.74, 6) is 0.286. The molecular formula is C21H22F4N2OS. The summed E-state index contributed by atoms with van der Waals surface area (Å²) >= 11 is 0.693. The zero-order valence-electron chi connectivity index (χ0n) is 16.1. The van der Waals surface area contributed by atoms with Gasteiger partial charge < -0.3 is 14.5 Å². The van der Waals surface area contributed by atoms with E-state index in [1.165, 1.54) is 18.2 Å². The minimum absolute atomic E-state index is 0.357. The van der Waals surface area contributed by atoms with Crippen molar-refractivity contribution in [2.45, 2.75) is 19.0 Å². The van der Waals surface area contributed by atoms with Gasteiger partial charge in [-0.25, -0.2) is 4.39 Å². The third-order valence-electron chi connectivity index (χ3n) is 5.36. The van der Waals surface area contributed by atoms with Gasteiger partial charge in [0.05, 0.1) is 9.81 Å². The topological polar surface area (TPSA) is 15.7 Å². The van der Waals surface area contributed by atoms with E-state index >= 15 is 0 Å². The van der Waals surface area contributed by atoms with E-state index in [2.05, 4.69) is 16.8 Å². The fraction of sp³-hybridized carbons (Fsp3) is 0.429. The molecule has 29 heavy (non-hydrogen) atoms. The van der Waals surface area contributed by atoms with Crippen molar-refractivity contribution in [2.24, 2.45) is 0 Å². The lowest BCUT2D eigenvalue weighted by Gasteiger charge is -2.33. The molecule has 1 aromatic rings. The largest absolute Gasteiger partial charge is 0.455 e. The van der Waals surface area contributed by atoms with E-state index in [4.69, 9.17) is 4.74 Å². The predicted octanol–water partition coefficient (Wildman–Crippen LogP) is 5.03. The summed E-state index contributed by atoms with van der Waals surface area (Å²) in [6.45, 7) is 4.91. The van der Waals surface area contributed by atoms with Crippen molar-refractivity contribution in [2.75, 3.05) is 39.8 Å². The predicted molar refractivity (Wildman–Crippen MR) is 107 cm³/mol. The van der Waals surface area contributed by atoms with Crippen molar-refractivity contribution in [3.63, 3.8) is 0 Å². The molecule has 8 heteroatoms. The molecule has 3 aliphatic heterocycles. The summed E-state index contributed by atoms with van der Waals surface area (Å²) in [5, 5.41) is 0. The highest BCUT2D eigenvalue weighted by atomic mass is 32.2. The van der Waals surface area contributed by atoms with Crippen LogP contribution in [0.4, 0.5) is 17.6 Å². The average molecular weight is 426 g/mol. The Bertz CT molecular complexity index is 883. The number of piperazine rings is 1. The number of allylic oxidation sites excluding steroid dienone is 4. The Kier molecular flexibility index (Phi) is 5.77. The number of rotatable bonds is 4. The molecule has 0 saturated carbocycles. The first kappa shape index (κ1) is 20.5. The van der Waals surface area contributed by atoms with Gasteiger partial charge in [-0.3, -0.25) is 0 Å². The Morgan fingerprint density at radius 3 is 2.59 bits per heavy atom. The molecule has 0 aromatic heterocycles. The van der Waals surface area contributed by atoms with E-state index in [1.807, 2.05) is 0 Å². The maximum Gasteiger partial charge on any atom is 0.422 e. The first-order chi connectivity index (χ1) is 13.8. The lowest BCUT2D eigenvalue weighted by atomic mass is 9.96. The number of benzene rings is 1. The van der Waals surface area contributed by atoms with E-state index in [0.29, 0.717) is 40.2 Å². The number of hydrogen-bond acceptors (Lipinski definition) is 4. The second-order valence-corrected chi connectivity index (χ2v) is 8.51. The highest BCUT2D eigenvalue weighted by Crippen LogP contribution is 2.51. The number of halogens is 4. The SMILES string of the molecule is CN1CCN(CCCC2=C3SC(C(F)(F)F)=CC=C3Oc3cc(F)ccc32)CC1. The van der Waals surface area contributed by atoms with E-state index in [1.54, 1.807) is 6.07 Å². The molecule has 156 valence electrons. The molecular weight excluding hydrogens is 404 g/mol. The van der Waals surface area contributed by atoms with Crippen LogP contribution in [0.5, 0.6) is 5.75 Å². The Hall–Kier alpha value is -1.77. The van der Waals surface area contributed by atoms with Crippen LogP contribution in [-0.4, -0.2) is 55.7 Å². The molecule has 3 heterocycles. The molecule has 0 N–H and O–H groups in total. The van der Waals surface area contributed by atoms with E-state index in [0.717, 1.165) is 50.8 Å². The lowest BCUT2D eigenvalue weighted by Crippen LogP contribution is -2.44. The Balaban J connectivity index is 1.58. The van der Waals surface area contributed by atoms with Crippen LogP contribution in [0.3, 0.4) is 0 Å². The number of ether oxygens (including phenoxy) is 1. The molecule has 4 rings (SSSR count). The Morgan fingerprint density at radius 1 is 1.10 bits per heavy atom. The molecule has 1 aromatic carbocycles. The number of alkyl halides is 3. The fourth-order valence-electron chi connectivity index (χ4n) is 3.73. The third kappa shape index (κ3) is 4.54. The van der Waals surface area contributed by atoms with Gasteiger partial charge in [0.2, 0.25) is 0 Å². The molecule has 0 bridgehead atoms. The van der Waals surface area contributed by atoms with Crippen LogP contribution in [0.15, 0.2) is 45.9 Å². The van der Waals surface area contributed by atoms with Gasteiger partial charge in [0.25, 0.3) is 0 Å². The molecule has 1 fully saturated rings. The monoisotopic (exact) mass is 426 g/mol. The van der Waals surface area contributed by atoms with Crippen molar-refractivity contribution in [1.82, 2.24) is 9.80 Å². The summed E-state index contributed by atoms with van der Waals surface area (Å²) in [6.07, 6.45) is -0.621. The molecule has 0 spiro atoms. The molecule has 3 nitrogen and oxygen atoms in total. The van der Waals surface area contributed by atoms with Gasteiger partial charge in [0, 0.05) is 37.8 Å². The molecule has 0 unspecified atom stereocenters. The van der Waals surface area contributed by atoms with Gasteiger partial charge in [-0.05, 0) is 56.3 Å². The first-order valence-corrected chi connectivity index (χ1v) is 10.4. The molecule has 1 saturated heterocycles. The third-order valence-corrected chi connectivity index (χ3v) is 6.60. The van der Waals surface area contributed by atoms with Crippen LogP contribution in [0.25, 0.3) is 5.57 Å². The Labute approximate surface area is 171 Å². The molecule has 0 aliphatic carbocycles. The number of fused-ring (bicyclic) bond motifs is 2. The fourth-order valence-corrected chi connectivity index (χ4v) is 4.75. The van der Waals surface area contributed by atoms with Crippen molar-refractivity contribution in [3.8, 4) is 5.75 Å². The smallest absolute Gasteiger partial charge is 0.422 e. The van der Waals surface area contributed by atoms with Crippen molar-refractivity contribution in [3.05, 3.63) is 57.3 Å². The maximum absolute atomic E-state index is 13.7. The average Bonchev–Trinajstić information content (AvgIpc) is 2.67. The van der Waals surface area contributed by atoms with E-state index < -0.39 is 16.9 Å². The van der Waals surface area contributed by atoms with Crippen molar-refractivity contribution < 1.29 is 22.3 Å². The highest BCUT2D eigenvalue weighted by molar-refractivity contribution is 8.07. The Morgan fingerprint density at radius 2 is 1.86 bits per heavy atom. The lowest BCUT2D eigenvalue weighted by molar-refractivity contribution is -0.0836. The van der Waals surface area contributed by atoms with Crippen LogP contribution in [0.2, 0.25) is 0 Å². The van der Waals surface area contributed by atoms with Crippen molar-refractivity contribution >= 4 is 17.3 Å².